The molecule has 0 aromatic heterocycles. The molecule has 0 atom stereocenters. The lowest BCUT2D eigenvalue weighted by Crippen LogP contribution is -2.00. The Morgan fingerprint density at radius 2 is 0.642 bits per heavy atom. The molecule has 53 heavy (non-hydrogen) atoms. The zero-order chi connectivity index (χ0) is 82.1. The van der Waals surface area contributed by atoms with Crippen LogP contribution in [-0.2, 0) is 0 Å². The van der Waals surface area contributed by atoms with Crippen molar-refractivity contribution in [2.45, 2.75) is 293 Å². The van der Waals surface area contributed by atoms with E-state index in [0.29, 0.717) is 12.8 Å². The summed E-state index contributed by atoms with van der Waals surface area (Å²) in [6, 6.07) is 0. The first kappa shape index (κ1) is 19.8. The Hall–Kier alpha value is 0. The summed E-state index contributed by atoms with van der Waals surface area (Å²) in [6.07, 6.45) is -8.05. The number of rotatable bonds is 4. The monoisotopic (exact) mass is 805 g/mol. The molecule has 0 saturated carbocycles. The minimum atomic E-state index is -3.48. The van der Waals surface area contributed by atoms with Crippen molar-refractivity contribution in [3.8, 4) is 0 Å². The highest BCUT2D eigenvalue weighted by molar-refractivity contribution is 4.57. The van der Waals surface area contributed by atoms with Crippen LogP contribution < -0.4 is 0 Å². The quantitative estimate of drug-likeness (QED) is 0.266. The first-order valence-corrected chi connectivity index (χ1v) is 18.3. The van der Waals surface area contributed by atoms with E-state index >= 15 is 0 Å². The summed E-state index contributed by atoms with van der Waals surface area (Å²) < 4.78 is 299. The molecule has 0 radical (unpaired) electrons. The van der Waals surface area contributed by atoms with Gasteiger partial charge in [-0.05, 0) is 56.6 Å². The van der Waals surface area contributed by atoms with Crippen molar-refractivity contribution >= 4 is 0 Å². The molecule has 0 aromatic rings. The van der Waals surface area contributed by atoms with E-state index < -0.39 is 122 Å². The molecule has 0 fully saturated rings. The summed E-state index contributed by atoms with van der Waals surface area (Å²) in [5.74, 6) is -0.0694. The van der Waals surface area contributed by atoms with Crippen LogP contribution in [-0.4, -0.2) is 0 Å². The molecule has 0 saturated heterocycles. The van der Waals surface area contributed by atoms with Gasteiger partial charge in [0, 0.05) is 57.6 Å². The fourth-order valence-corrected chi connectivity index (χ4v) is 0.250. The first-order chi connectivity index (χ1) is 39.3. The van der Waals surface area contributed by atoms with Crippen molar-refractivity contribution in [1.82, 2.24) is 0 Å². The van der Waals surface area contributed by atoms with Crippen molar-refractivity contribution < 1.29 is 57.6 Å². The Morgan fingerprint density at radius 3 is 0.642 bits per heavy atom. The van der Waals surface area contributed by atoms with Gasteiger partial charge in [0.25, 0.3) is 0 Å². The predicted octanol–water partition coefficient (Wildman–Crippen LogP) is 21.7. The highest BCUT2D eigenvalue weighted by Gasteiger charge is 2.05. The third kappa shape index (κ3) is 269. The zero-order valence-corrected chi connectivity index (χ0v) is 40.1. The maximum absolute atomic E-state index is 7.42. The molecule has 0 nitrogen and oxygen atoms in total. The third-order valence-electron chi connectivity index (χ3n) is 5.19. The van der Waals surface area contributed by atoms with Crippen LogP contribution in [0.2, 0.25) is 0 Å². The Labute approximate surface area is 408 Å². The molecule has 0 aromatic carbocycles. The second-order valence-electron chi connectivity index (χ2n) is 15.2. The summed E-state index contributed by atoms with van der Waals surface area (Å²) in [5.41, 5.74) is -9.98. The molecule has 0 rings (SSSR count). The van der Waals surface area contributed by atoms with Gasteiger partial charge in [0.05, 0.1) is 0 Å². The average molecular weight is 806 g/mol. The van der Waals surface area contributed by atoms with Gasteiger partial charge < -0.3 is 0 Å². The van der Waals surface area contributed by atoms with Gasteiger partial charge in [0.1, 0.15) is 0 Å². The van der Waals surface area contributed by atoms with Crippen LogP contribution in [0.25, 0.3) is 0 Å². The van der Waals surface area contributed by atoms with E-state index in [0.717, 1.165) is 33.6 Å². The SMILES string of the molecule is [2H]C(C)(C)C.[2H]C(C)(C)C(C)C.[2H]C(C)(CC)CC.[2H]C([2H])(C)C.[2H]C([2H])(C)C(C)(C)C.[2H]C([2H])(C)C(C)C.[2H]C([2H])([2H])C(C([2H])([2H])[2H])(C([2H])([2H])[2H])C([2H])([2H])C.[2H]C([2H])([2H])C(C)(C([2H])([2H])[2H])C([2H])([2H])C.[2H]C([2H])([2H])C(C)(C([2H])([2H])[2H])C([2H])([2H])[2H].[2H]C([2H])([2H])C(C)(C)C([2H])([2H])C. The Kier molecular flexibility index (Phi) is 18.0. The minimum absolute atomic E-state index is 0.132. The van der Waals surface area contributed by atoms with E-state index in [2.05, 4.69) is 27.7 Å². The van der Waals surface area contributed by atoms with Gasteiger partial charge in [0.2, 0.25) is 0 Å². The topological polar surface area (TPSA) is 0 Å². The lowest BCUT2D eigenvalue weighted by atomic mass is 9.94. The zero-order valence-electron chi connectivity index (χ0n) is 82.1. The summed E-state index contributed by atoms with van der Waals surface area (Å²) >= 11 is 0. The highest BCUT2D eigenvalue weighted by atomic mass is 14.1. The molecule has 0 heterocycles. The Bertz CT molecular complexity index is 1740. The minimum Gasteiger partial charge on any atom is -0.0656 e. The maximum atomic E-state index is 7.42. The van der Waals surface area contributed by atoms with E-state index in [4.69, 9.17) is 57.6 Å². The van der Waals surface area contributed by atoms with Crippen molar-refractivity contribution in [3.63, 3.8) is 0 Å². The largest absolute Gasteiger partial charge is 0.0656 e. The third-order valence-corrected chi connectivity index (χ3v) is 5.19. The maximum Gasteiger partial charge on any atom is 0.0300 e. The van der Waals surface area contributed by atoms with Crippen LogP contribution >= 0.6 is 0 Å². The van der Waals surface area contributed by atoms with Crippen LogP contribution in [0.5, 0.6) is 0 Å². The highest BCUT2D eigenvalue weighted by Crippen LogP contribution is 2.18. The second-order valence-corrected chi connectivity index (χ2v) is 15.2. The molecule has 0 unspecified atom stereocenters. The second kappa shape index (κ2) is 48.1. The van der Waals surface area contributed by atoms with Crippen LogP contribution in [0.3, 0.4) is 0 Å². The predicted molar refractivity (Wildman–Crippen MR) is 265 cm³/mol. The van der Waals surface area contributed by atoms with Gasteiger partial charge in [-0.25, -0.2) is 0 Å². The smallest absolute Gasteiger partial charge is 0.0300 e. The summed E-state index contributed by atoms with van der Waals surface area (Å²) in [6.45, 7) is 15.2. The lowest BCUT2D eigenvalue weighted by Gasteiger charge is -2.12. The van der Waals surface area contributed by atoms with Gasteiger partial charge in [-0.3, -0.25) is 0 Å². The molecular weight excluding hydrogens is 637 g/mol. The molecule has 0 aliphatic rings. The molecular formula is C53H126. The molecule has 0 spiro atoms. The van der Waals surface area contributed by atoms with E-state index in [-0.39, 0.29) is 29.0 Å². The van der Waals surface area contributed by atoms with Crippen LogP contribution in [0.4, 0.5) is 0 Å². The summed E-state index contributed by atoms with van der Waals surface area (Å²) in [5, 5.41) is 0. The van der Waals surface area contributed by atoms with Crippen molar-refractivity contribution in [2.75, 3.05) is 0 Å². The number of hydrogen-bond acceptors (Lipinski definition) is 0. The van der Waals surface area contributed by atoms with Gasteiger partial charge in [0.15, 0.2) is 0 Å². The molecule has 0 bridgehead atoms. The van der Waals surface area contributed by atoms with Crippen LogP contribution in [0, 0.1) is 56.6 Å². The fourth-order valence-electron chi connectivity index (χ4n) is 0.250. The van der Waals surface area contributed by atoms with E-state index in [1.807, 2.05) is 76.2 Å². The summed E-state index contributed by atoms with van der Waals surface area (Å²) in [7, 11) is 0. The average Bonchev–Trinajstić information content (AvgIpc) is 3.16. The van der Waals surface area contributed by atoms with Gasteiger partial charge in [-0.1, -0.05) is 293 Å². The van der Waals surface area contributed by atoms with Crippen molar-refractivity contribution in [1.29, 1.82) is 0 Å². The molecule has 0 aliphatic carbocycles. The first-order valence-electron chi connectivity index (χ1n) is 39.3. The van der Waals surface area contributed by atoms with Crippen LogP contribution in [0.15, 0.2) is 0 Å². The van der Waals surface area contributed by atoms with E-state index in [9.17, 15) is 0 Å². The summed E-state index contributed by atoms with van der Waals surface area (Å²) in [4.78, 5) is 0. The van der Waals surface area contributed by atoms with Crippen LogP contribution in [0.1, 0.15) is 350 Å². The van der Waals surface area contributed by atoms with Gasteiger partial charge >= 0.3 is 0 Å². The van der Waals surface area contributed by atoms with Gasteiger partial charge in [-0.2, -0.15) is 0 Å². The molecule has 0 aliphatic heterocycles. The molecule has 0 amide bonds. The Morgan fingerprint density at radius 1 is 0.434 bits per heavy atom. The molecule has 0 heteroatoms. The van der Waals surface area contributed by atoms with Gasteiger partial charge in [-0.15, -0.1) is 0 Å². The van der Waals surface area contributed by atoms with Crippen molar-refractivity contribution in [3.05, 3.63) is 0 Å². The fraction of sp³-hybridized carbons (Fsp3) is 1.00. The van der Waals surface area contributed by atoms with E-state index in [1.54, 1.807) is 13.8 Å². The number of hydrogen-bond donors (Lipinski definition) is 0. The standard InChI is InChI=1S/6C6H14.2C5H12.C4H10.C3H8/c4*1-5-6(2,3)4;1-5(2)6(3)4;1-4-6(3)5-2;1-5(2,3)4;1-4-5(2)3;1-4(2)3;1-3-2/h4*5H2,1-4H3;5-6H,1-4H3;6H,4-5H2,1-3H3;1-4H3;5H,4H2,1-3H3;4H,1-3H3;3H2,1-2H3/i2D3,3D3,4D3,5D2;2D3,3D3,5D2;2D3,5D2;5D2;5D;6D;1D3,2D3,3D3;4D2;4D;3D2. The molecule has 338 valence electrons. The molecule has 0 N–H and O–H groups in total. The lowest BCUT2D eigenvalue weighted by molar-refractivity contribution is 0.397. The van der Waals surface area contributed by atoms with Crippen molar-refractivity contribution in [2.24, 2.45) is 56.6 Å². The normalized spacial score (nSPS) is 26.9. The van der Waals surface area contributed by atoms with E-state index in [1.165, 1.54) is 34.6 Å². The Balaban J connectivity index is -0.000000108.